The van der Waals surface area contributed by atoms with E-state index >= 15 is 0 Å². The van der Waals surface area contributed by atoms with E-state index in [0.29, 0.717) is 24.3 Å². The molecule has 3 rings (SSSR count). The van der Waals surface area contributed by atoms with Crippen LogP contribution in [0.1, 0.15) is 23.6 Å². The van der Waals surface area contributed by atoms with E-state index in [0.717, 1.165) is 28.7 Å². The molecule has 0 unspecified atom stereocenters. The van der Waals surface area contributed by atoms with Crippen LogP contribution in [0.15, 0.2) is 36.4 Å². The minimum Gasteiger partial charge on any atom is -0.397 e. The summed E-state index contributed by atoms with van der Waals surface area (Å²) >= 11 is 0. The van der Waals surface area contributed by atoms with E-state index in [1.165, 1.54) is 0 Å². The first-order chi connectivity index (χ1) is 10.6. The Bertz CT molecular complexity index is 775. The number of hydrogen-bond donors (Lipinski definition) is 1. The third-order valence-corrected chi connectivity index (χ3v) is 4.22. The first-order valence-electron chi connectivity index (χ1n) is 7.27. The van der Waals surface area contributed by atoms with Crippen LogP contribution in [0.3, 0.4) is 0 Å². The molecule has 0 bridgehead atoms. The predicted molar refractivity (Wildman–Crippen MR) is 85.8 cm³/mol. The average Bonchev–Trinajstić information content (AvgIpc) is 2.56. The second kappa shape index (κ2) is 5.53. The van der Waals surface area contributed by atoms with Crippen LogP contribution in [0.2, 0.25) is 0 Å². The molecule has 0 saturated heterocycles. The zero-order valence-corrected chi connectivity index (χ0v) is 12.5. The van der Waals surface area contributed by atoms with Crippen LogP contribution in [-0.4, -0.2) is 17.4 Å². The summed E-state index contributed by atoms with van der Waals surface area (Å²) in [6.45, 7) is 2.73. The first-order valence-corrected chi connectivity index (χ1v) is 7.27. The van der Waals surface area contributed by atoms with E-state index < -0.39 is 0 Å². The molecule has 0 aromatic heterocycles. The molecule has 1 aliphatic rings. The Hall–Kier alpha value is -2.80. The number of nitrogens with two attached hydrogens (primary N) is 1. The van der Waals surface area contributed by atoms with Crippen LogP contribution in [0, 0.1) is 11.3 Å². The molecule has 1 heterocycles. The lowest BCUT2D eigenvalue weighted by atomic mass is 9.87. The molecule has 0 aliphatic carbocycles. The van der Waals surface area contributed by atoms with Crippen molar-refractivity contribution in [3.63, 3.8) is 0 Å². The van der Waals surface area contributed by atoms with Gasteiger partial charge in [0.05, 0.1) is 11.3 Å². The summed E-state index contributed by atoms with van der Waals surface area (Å²) in [6, 6.07) is 14.0. The molecule has 0 radical (unpaired) electrons. The summed E-state index contributed by atoms with van der Waals surface area (Å²) in [6.07, 6.45) is 0.759. The maximum atomic E-state index is 11.6. The van der Waals surface area contributed by atoms with Gasteiger partial charge >= 0.3 is 0 Å². The predicted octanol–water partition coefficient (Wildman–Crippen LogP) is 2.71. The van der Waals surface area contributed by atoms with E-state index in [-0.39, 0.29) is 5.91 Å². The summed E-state index contributed by atoms with van der Waals surface area (Å²) in [7, 11) is 0. The van der Waals surface area contributed by atoms with E-state index in [9.17, 15) is 10.1 Å². The SMILES string of the molecule is CC(=O)N1CCc2c(-c3ccccc3)cc(C#N)c(N)c2C1. The molecule has 110 valence electrons. The van der Waals surface area contributed by atoms with Crippen LogP contribution < -0.4 is 5.73 Å². The normalized spacial score (nSPS) is 13.4. The number of nitriles is 1. The molecule has 2 N–H and O–H groups in total. The quantitative estimate of drug-likeness (QED) is 0.821. The topological polar surface area (TPSA) is 70.1 Å². The van der Waals surface area contributed by atoms with Crippen molar-refractivity contribution >= 4 is 11.6 Å². The average molecular weight is 291 g/mol. The highest BCUT2D eigenvalue weighted by Crippen LogP contribution is 2.35. The molecule has 0 spiro atoms. The molecule has 0 fully saturated rings. The lowest BCUT2D eigenvalue weighted by Gasteiger charge is -2.31. The van der Waals surface area contributed by atoms with Crippen molar-refractivity contribution in [3.05, 3.63) is 53.1 Å². The van der Waals surface area contributed by atoms with Crippen molar-refractivity contribution in [2.45, 2.75) is 19.9 Å². The van der Waals surface area contributed by atoms with Gasteiger partial charge in [0.2, 0.25) is 5.91 Å². The Morgan fingerprint density at radius 1 is 1.27 bits per heavy atom. The highest BCUT2D eigenvalue weighted by molar-refractivity contribution is 5.79. The minimum absolute atomic E-state index is 0.0358. The van der Waals surface area contributed by atoms with Crippen LogP contribution in [0.4, 0.5) is 5.69 Å². The van der Waals surface area contributed by atoms with Gasteiger partial charge in [-0.2, -0.15) is 5.26 Å². The van der Waals surface area contributed by atoms with E-state index in [1.54, 1.807) is 11.8 Å². The number of rotatable bonds is 1. The molecule has 1 amide bonds. The van der Waals surface area contributed by atoms with Crippen LogP contribution >= 0.6 is 0 Å². The van der Waals surface area contributed by atoms with Gasteiger partial charge in [0.25, 0.3) is 0 Å². The second-order valence-corrected chi connectivity index (χ2v) is 5.51. The Morgan fingerprint density at radius 2 is 2.00 bits per heavy atom. The minimum atomic E-state index is 0.0358. The summed E-state index contributed by atoms with van der Waals surface area (Å²) < 4.78 is 0. The lowest BCUT2D eigenvalue weighted by molar-refractivity contribution is -0.129. The van der Waals surface area contributed by atoms with Crippen LogP contribution in [0.5, 0.6) is 0 Å². The standard InChI is InChI=1S/C18H17N3O/c1-12(22)21-8-7-15-16(13-5-3-2-4-6-13)9-14(10-19)18(20)17(15)11-21/h2-6,9H,7-8,11,20H2,1H3. The smallest absolute Gasteiger partial charge is 0.219 e. The van der Waals surface area contributed by atoms with Gasteiger partial charge in [-0.05, 0) is 34.7 Å². The number of carbonyl (C=O) groups excluding carboxylic acids is 1. The molecule has 0 atom stereocenters. The van der Waals surface area contributed by atoms with Gasteiger partial charge in [0.1, 0.15) is 6.07 Å². The van der Waals surface area contributed by atoms with Crippen molar-refractivity contribution in [1.82, 2.24) is 4.90 Å². The maximum Gasteiger partial charge on any atom is 0.219 e. The van der Waals surface area contributed by atoms with Crippen LogP contribution in [-0.2, 0) is 17.8 Å². The van der Waals surface area contributed by atoms with Gasteiger partial charge in [-0.25, -0.2) is 0 Å². The van der Waals surface area contributed by atoms with Crippen molar-refractivity contribution in [2.75, 3.05) is 12.3 Å². The molecule has 2 aromatic rings. The lowest BCUT2D eigenvalue weighted by Crippen LogP contribution is -2.35. The van der Waals surface area contributed by atoms with Gasteiger partial charge in [-0.3, -0.25) is 4.79 Å². The monoisotopic (exact) mass is 291 g/mol. The molecule has 2 aromatic carbocycles. The highest BCUT2D eigenvalue weighted by atomic mass is 16.2. The van der Waals surface area contributed by atoms with Crippen molar-refractivity contribution in [2.24, 2.45) is 0 Å². The molecule has 4 heteroatoms. The van der Waals surface area contributed by atoms with Crippen LogP contribution in [0.25, 0.3) is 11.1 Å². The number of fused-ring (bicyclic) bond motifs is 1. The third-order valence-electron chi connectivity index (χ3n) is 4.22. The maximum absolute atomic E-state index is 11.6. The Balaban J connectivity index is 2.20. The van der Waals surface area contributed by atoms with Gasteiger partial charge in [0.15, 0.2) is 0 Å². The highest BCUT2D eigenvalue weighted by Gasteiger charge is 2.24. The summed E-state index contributed by atoms with van der Waals surface area (Å²) in [4.78, 5) is 13.4. The fourth-order valence-electron chi connectivity index (χ4n) is 3.02. The van der Waals surface area contributed by atoms with E-state index in [1.807, 2.05) is 36.4 Å². The number of benzene rings is 2. The zero-order valence-electron chi connectivity index (χ0n) is 12.5. The van der Waals surface area contributed by atoms with Gasteiger partial charge in [-0.1, -0.05) is 30.3 Å². The molecule has 0 saturated carbocycles. The molecule has 22 heavy (non-hydrogen) atoms. The van der Waals surface area contributed by atoms with Crippen molar-refractivity contribution in [3.8, 4) is 17.2 Å². The number of nitrogens with zero attached hydrogens (tertiary/aromatic N) is 2. The van der Waals surface area contributed by atoms with E-state index in [4.69, 9.17) is 5.73 Å². The molecule has 1 aliphatic heterocycles. The third kappa shape index (κ3) is 2.31. The number of anilines is 1. The Morgan fingerprint density at radius 3 is 2.64 bits per heavy atom. The fourth-order valence-corrected chi connectivity index (χ4v) is 3.02. The Kier molecular flexibility index (Phi) is 3.56. The van der Waals surface area contributed by atoms with E-state index in [2.05, 4.69) is 6.07 Å². The summed E-state index contributed by atoms with van der Waals surface area (Å²) in [5.41, 5.74) is 11.3. The summed E-state index contributed by atoms with van der Waals surface area (Å²) in [5.74, 6) is 0.0358. The first kappa shape index (κ1) is 14.2. The number of hydrogen-bond acceptors (Lipinski definition) is 3. The largest absolute Gasteiger partial charge is 0.397 e. The van der Waals surface area contributed by atoms with Crippen molar-refractivity contribution in [1.29, 1.82) is 5.26 Å². The van der Waals surface area contributed by atoms with Crippen molar-refractivity contribution < 1.29 is 4.79 Å². The van der Waals surface area contributed by atoms with Gasteiger partial charge < -0.3 is 10.6 Å². The molecular formula is C18H17N3O. The fraction of sp³-hybridized carbons (Fsp3) is 0.222. The zero-order chi connectivity index (χ0) is 15.7. The van der Waals surface area contributed by atoms with Gasteiger partial charge in [0, 0.05) is 20.0 Å². The summed E-state index contributed by atoms with van der Waals surface area (Å²) in [5, 5.41) is 9.36. The number of amides is 1. The number of carbonyl (C=O) groups is 1. The second-order valence-electron chi connectivity index (χ2n) is 5.51. The molecule has 4 nitrogen and oxygen atoms in total. The Labute approximate surface area is 129 Å². The number of nitrogen functional groups attached to an aromatic ring is 1. The molecular weight excluding hydrogens is 274 g/mol. The van der Waals surface area contributed by atoms with Gasteiger partial charge in [-0.15, -0.1) is 0 Å².